The van der Waals surface area contributed by atoms with Crippen molar-refractivity contribution in [3.63, 3.8) is 0 Å². The van der Waals surface area contributed by atoms with Gasteiger partial charge in [-0.15, -0.1) is 0 Å². The quantitative estimate of drug-likeness (QED) is 0.484. The highest BCUT2D eigenvalue weighted by Gasteiger charge is 2.06. The third-order valence-corrected chi connectivity index (χ3v) is 3.28. The van der Waals surface area contributed by atoms with Crippen molar-refractivity contribution in [3.8, 4) is 0 Å². The number of hydrogen-bond donors (Lipinski definition) is 2. The highest BCUT2D eigenvalue weighted by molar-refractivity contribution is 5.83. The standard InChI is InChI=1S/C17H34N2O3/c1-4-5-6-7-8-12-18-16(20)10-11-17(21)19-13-9-14-22-15(2)3/h15H,4-14H2,1-3H3,(H,18,20)(H,19,21). The van der Waals surface area contributed by atoms with Gasteiger partial charge in [0.1, 0.15) is 0 Å². The van der Waals surface area contributed by atoms with Gasteiger partial charge in [-0.25, -0.2) is 0 Å². The van der Waals surface area contributed by atoms with Gasteiger partial charge in [0.05, 0.1) is 6.10 Å². The molecule has 0 aromatic carbocycles. The van der Waals surface area contributed by atoms with Crippen LogP contribution in [0.5, 0.6) is 0 Å². The largest absolute Gasteiger partial charge is 0.379 e. The van der Waals surface area contributed by atoms with E-state index in [1.54, 1.807) is 0 Å². The SMILES string of the molecule is CCCCCCCNC(=O)CCC(=O)NCCCOC(C)C. The summed E-state index contributed by atoms with van der Waals surface area (Å²) in [7, 11) is 0. The Bertz CT molecular complexity index is 294. The molecule has 0 saturated heterocycles. The second-order valence-corrected chi connectivity index (χ2v) is 5.89. The fourth-order valence-electron chi connectivity index (χ4n) is 1.98. The predicted molar refractivity (Wildman–Crippen MR) is 89.7 cm³/mol. The number of ether oxygens (including phenoxy) is 1. The molecule has 0 unspecified atom stereocenters. The fourth-order valence-corrected chi connectivity index (χ4v) is 1.98. The van der Waals surface area contributed by atoms with E-state index in [2.05, 4.69) is 17.6 Å². The molecule has 5 heteroatoms. The van der Waals surface area contributed by atoms with Crippen molar-refractivity contribution < 1.29 is 14.3 Å². The Labute approximate surface area is 135 Å². The van der Waals surface area contributed by atoms with E-state index in [-0.39, 0.29) is 30.8 Å². The second-order valence-electron chi connectivity index (χ2n) is 5.89. The lowest BCUT2D eigenvalue weighted by molar-refractivity contribution is -0.126. The average Bonchev–Trinajstić information content (AvgIpc) is 2.48. The zero-order valence-corrected chi connectivity index (χ0v) is 14.6. The molecule has 0 bridgehead atoms. The van der Waals surface area contributed by atoms with Crippen LogP contribution in [0.4, 0.5) is 0 Å². The third kappa shape index (κ3) is 15.3. The van der Waals surface area contributed by atoms with Gasteiger partial charge in [0, 0.05) is 32.5 Å². The van der Waals surface area contributed by atoms with Crippen molar-refractivity contribution in [1.29, 1.82) is 0 Å². The Morgan fingerprint density at radius 2 is 1.41 bits per heavy atom. The lowest BCUT2D eigenvalue weighted by Crippen LogP contribution is -2.29. The van der Waals surface area contributed by atoms with Crippen LogP contribution in [-0.4, -0.2) is 37.6 Å². The maximum Gasteiger partial charge on any atom is 0.220 e. The van der Waals surface area contributed by atoms with E-state index < -0.39 is 0 Å². The van der Waals surface area contributed by atoms with Crippen LogP contribution < -0.4 is 10.6 Å². The topological polar surface area (TPSA) is 67.4 Å². The van der Waals surface area contributed by atoms with E-state index in [0.29, 0.717) is 13.2 Å². The summed E-state index contributed by atoms with van der Waals surface area (Å²) in [5.41, 5.74) is 0. The molecule has 0 aliphatic carbocycles. The van der Waals surface area contributed by atoms with Gasteiger partial charge >= 0.3 is 0 Å². The van der Waals surface area contributed by atoms with Crippen molar-refractivity contribution in [2.45, 2.75) is 78.2 Å². The van der Waals surface area contributed by atoms with Gasteiger partial charge in [-0.1, -0.05) is 32.6 Å². The maximum atomic E-state index is 11.6. The summed E-state index contributed by atoms with van der Waals surface area (Å²) < 4.78 is 5.39. The number of carbonyl (C=O) groups excluding carboxylic acids is 2. The summed E-state index contributed by atoms with van der Waals surface area (Å²) in [6, 6.07) is 0. The minimum absolute atomic E-state index is 0.0335. The molecule has 0 aliphatic rings. The molecule has 2 amide bonds. The van der Waals surface area contributed by atoms with Gasteiger partial charge in [-0.3, -0.25) is 9.59 Å². The predicted octanol–water partition coefficient (Wildman–Crippen LogP) is 2.78. The van der Waals surface area contributed by atoms with Gasteiger partial charge in [0.25, 0.3) is 0 Å². The normalized spacial score (nSPS) is 10.7. The van der Waals surface area contributed by atoms with Gasteiger partial charge in [0.2, 0.25) is 11.8 Å². The molecular formula is C17H34N2O3. The summed E-state index contributed by atoms with van der Waals surface area (Å²) in [4.78, 5) is 23.1. The minimum Gasteiger partial charge on any atom is -0.379 e. The second kappa shape index (κ2) is 14.8. The molecule has 0 spiro atoms. The van der Waals surface area contributed by atoms with Crippen molar-refractivity contribution in [2.75, 3.05) is 19.7 Å². The molecule has 5 nitrogen and oxygen atoms in total. The molecule has 0 heterocycles. The molecule has 0 aromatic rings. The van der Waals surface area contributed by atoms with Crippen LogP contribution in [0.2, 0.25) is 0 Å². The first kappa shape index (κ1) is 20.9. The Hall–Kier alpha value is -1.10. The molecule has 2 N–H and O–H groups in total. The fraction of sp³-hybridized carbons (Fsp3) is 0.882. The van der Waals surface area contributed by atoms with Crippen molar-refractivity contribution >= 4 is 11.8 Å². The Morgan fingerprint density at radius 3 is 1.95 bits per heavy atom. The molecular weight excluding hydrogens is 280 g/mol. The van der Waals surface area contributed by atoms with Crippen molar-refractivity contribution in [3.05, 3.63) is 0 Å². The number of unbranched alkanes of at least 4 members (excludes halogenated alkanes) is 4. The summed E-state index contributed by atoms with van der Waals surface area (Å²) in [5, 5.41) is 5.67. The third-order valence-electron chi connectivity index (χ3n) is 3.28. The van der Waals surface area contributed by atoms with E-state index in [1.807, 2.05) is 13.8 Å². The van der Waals surface area contributed by atoms with E-state index in [9.17, 15) is 9.59 Å². The first-order chi connectivity index (χ1) is 10.6. The van der Waals surface area contributed by atoms with Crippen LogP contribution >= 0.6 is 0 Å². The van der Waals surface area contributed by atoms with Gasteiger partial charge in [-0.05, 0) is 26.7 Å². The highest BCUT2D eigenvalue weighted by atomic mass is 16.5. The van der Waals surface area contributed by atoms with Crippen LogP contribution in [0.25, 0.3) is 0 Å². The van der Waals surface area contributed by atoms with E-state index in [0.717, 1.165) is 25.8 Å². The minimum atomic E-state index is -0.0670. The summed E-state index contributed by atoms with van der Waals surface area (Å²) in [5.74, 6) is -0.101. The van der Waals surface area contributed by atoms with Crippen LogP contribution in [-0.2, 0) is 14.3 Å². The average molecular weight is 314 g/mol. The van der Waals surface area contributed by atoms with Crippen LogP contribution in [0.15, 0.2) is 0 Å². The molecule has 0 saturated carbocycles. The number of nitrogens with one attached hydrogen (secondary N) is 2. The lowest BCUT2D eigenvalue weighted by Gasteiger charge is -2.08. The Balaban J connectivity index is 3.39. The van der Waals surface area contributed by atoms with Crippen molar-refractivity contribution in [2.24, 2.45) is 0 Å². The van der Waals surface area contributed by atoms with Crippen molar-refractivity contribution in [1.82, 2.24) is 10.6 Å². The number of rotatable bonds is 14. The zero-order valence-electron chi connectivity index (χ0n) is 14.6. The zero-order chi connectivity index (χ0) is 16.6. The summed E-state index contributed by atoms with van der Waals surface area (Å²) in [6.07, 6.45) is 7.45. The summed E-state index contributed by atoms with van der Waals surface area (Å²) >= 11 is 0. The van der Waals surface area contributed by atoms with E-state index in [4.69, 9.17) is 4.74 Å². The maximum absolute atomic E-state index is 11.6. The summed E-state index contributed by atoms with van der Waals surface area (Å²) in [6.45, 7) is 8.13. The first-order valence-corrected chi connectivity index (χ1v) is 8.71. The smallest absolute Gasteiger partial charge is 0.220 e. The van der Waals surface area contributed by atoms with E-state index >= 15 is 0 Å². The monoisotopic (exact) mass is 314 g/mol. The molecule has 0 atom stereocenters. The number of hydrogen-bond acceptors (Lipinski definition) is 3. The first-order valence-electron chi connectivity index (χ1n) is 8.71. The number of amides is 2. The van der Waals surface area contributed by atoms with Gasteiger partial charge in [-0.2, -0.15) is 0 Å². The highest BCUT2D eigenvalue weighted by Crippen LogP contribution is 2.01. The Morgan fingerprint density at radius 1 is 0.864 bits per heavy atom. The molecule has 0 aromatic heterocycles. The van der Waals surface area contributed by atoms with Crippen LogP contribution in [0.3, 0.4) is 0 Å². The molecule has 0 rings (SSSR count). The molecule has 0 radical (unpaired) electrons. The van der Waals surface area contributed by atoms with Gasteiger partial charge in [0.15, 0.2) is 0 Å². The molecule has 0 fully saturated rings. The number of carbonyl (C=O) groups is 2. The lowest BCUT2D eigenvalue weighted by atomic mass is 10.1. The van der Waals surface area contributed by atoms with E-state index in [1.165, 1.54) is 19.3 Å². The Kier molecular flexibility index (Phi) is 14.1. The molecule has 22 heavy (non-hydrogen) atoms. The van der Waals surface area contributed by atoms with Crippen LogP contribution in [0.1, 0.15) is 72.1 Å². The van der Waals surface area contributed by atoms with Crippen LogP contribution in [0, 0.1) is 0 Å². The molecule has 0 aliphatic heterocycles. The molecule has 130 valence electrons. The van der Waals surface area contributed by atoms with Gasteiger partial charge < -0.3 is 15.4 Å².